The van der Waals surface area contributed by atoms with Crippen LogP contribution in [0, 0.1) is 17.5 Å². The van der Waals surface area contributed by atoms with Gasteiger partial charge in [-0.2, -0.15) is 5.10 Å². The van der Waals surface area contributed by atoms with Gasteiger partial charge in [-0.05, 0) is 24.7 Å². The summed E-state index contributed by atoms with van der Waals surface area (Å²) in [6.07, 6.45) is 1.50. The number of halogens is 3. The van der Waals surface area contributed by atoms with Crippen LogP contribution in [-0.4, -0.2) is 23.9 Å². The summed E-state index contributed by atoms with van der Waals surface area (Å²) in [5.74, 6) is -3.49. The maximum absolute atomic E-state index is 13.4. The smallest absolute Gasteiger partial charge is 0.194 e. The van der Waals surface area contributed by atoms with Crippen molar-refractivity contribution < 1.29 is 17.9 Å². The minimum absolute atomic E-state index is 0.241. The molecule has 7 heteroatoms. The Labute approximate surface area is 114 Å². The van der Waals surface area contributed by atoms with Crippen molar-refractivity contribution >= 4 is 0 Å². The van der Waals surface area contributed by atoms with E-state index in [0.717, 1.165) is 12.1 Å². The van der Waals surface area contributed by atoms with Crippen molar-refractivity contribution in [2.24, 2.45) is 7.05 Å². The maximum Gasteiger partial charge on any atom is 0.194 e. The lowest BCUT2D eigenvalue weighted by Crippen LogP contribution is -2.22. The Balaban J connectivity index is 2.55. The number of nitrogens with zero attached hydrogens (tertiary/aromatic N) is 2. The van der Waals surface area contributed by atoms with E-state index in [0.29, 0.717) is 11.4 Å². The standard InChI is InChI=1S/C13H14F3N3O/c1-17-12(13-10(20-3)6-18-19(13)2)7-4-8(14)11(16)9(15)5-7/h4-6,12,17H,1-3H3. The van der Waals surface area contributed by atoms with Crippen molar-refractivity contribution in [2.45, 2.75) is 6.04 Å². The first kappa shape index (κ1) is 14.4. The van der Waals surface area contributed by atoms with E-state index in [1.165, 1.54) is 18.0 Å². The van der Waals surface area contributed by atoms with Gasteiger partial charge in [0.05, 0.1) is 19.3 Å². The van der Waals surface area contributed by atoms with Crippen LogP contribution in [0.5, 0.6) is 5.75 Å². The van der Waals surface area contributed by atoms with Crippen LogP contribution in [0.25, 0.3) is 0 Å². The van der Waals surface area contributed by atoms with Gasteiger partial charge >= 0.3 is 0 Å². The third-order valence-corrected chi connectivity index (χ3v) is 3.07. The van der Waals surface area contributed by atoms with E-state index < -0.39 is 23.5 Å². The van der Waals surface area contributed by atoms with Gasteiger partial charge in [-0.1, -0.05) is 0 Å². The summed E-state index contributed by atoms with van der Waals surface area (Å²) in [5, 5.41) is 6.95. The summed E-state index contributed by atoms with van der Waals surface area (Å²) in [4.78, 5) is 0. The molecule has 1 aromatic heterocycles. The molecule has 0 fully saturated rings. The lowest BCUT2D eigenvalue weighted by molar-refractivity contribution is 0.401. The molecule has 1 atom stereocenters. The molecule has 0 saturated carbocycles. The van der Waals surface area contributed by atoms with Crippen LogP contribution in [0.15, 0.2) is 18.3 Å². The van der Waals surface area contributed by atoms with E-state index in [1.54, 1.807) is 14.1 Å². The van der Waals surface area contributed by atoms with E-state index in [9.17, 15) is 13.2 Å². The quantitative estimate of drug-likeness (QED) is 0.875. The Kier molecular flexibility index (Phi) is 3.99. The zero-order valence-corrected chi connectivity index (χ0v) is 11.2. The molecular formula is C13H14F3N3O. The highest BCUT2D eigenvalue weighted by molar-refractivity contribution is 5.37. The molecule has 20 heavy (non-hydrogen) atoms. The van der Waals surface area contributed by atoms with Crippen molar-refractivity contribution in [3.05, 3.63) is 47.0 Å². The Bertz CT molecular complexity index is 604. The van der Waals surface area contributed by atoms with Gasteiger partial charge in [0, 0.05) is 7.05 Å². The van der Waals surface area contributed by atoms with Crippen LogP contribution >= 0.6 is 0 Å². The molecule has 0 bridgehead atoms. The summed E-state index contributed by atoms with van der Waals surface area (Å²) in [5.41, 5.74) is 0.825. The van der Waals surface area contributed by atoms with E-state index in [1.807, 2.05) is 0 Å². The number of hydrogen-bond donors (Lipinski definition) is 1. The molecule has 0 aliphatic carbocycles. The van der Waals surface area contributed by atoms with Gasteiger partial charge in [-0.3, -0.25) is 4.68 Å². The molecule has 0 aliphatic rings. The van der Waals surface area contributed by atoms with Gasteiger partial charge in [0.2, 0.25) is 0 Å². The highest BCUT2D eigenvalue weighted by Crippen LogP contribution is 2.30. The third-order valence-electron chi connectivity index (χ3n) is 3.07. The highest BCUT2D eigenvalue weighted by Gasteiger charge is 2.23. The summed E-state index contributed by atoms with van der Waals surface area (Å²) in [7, 11) is 4.77. The Hall–Kier alpha value is -2.02. The van der Waals surface area contributed by atoms with Crippen LogP contribution in [0.4, 0.5) is 13.2 Å². The number of benzene rings is 1. The Morgan fingerprint density at radius 3 is 2.35 bits per heavy atom. The van der Waals surface area contributed by atoms with Crippen LogP contribution in [0.3, 0.4) is 0 Å². The molecule has 4 nitrogen and oxygen atoms in total. The normalized spacial score (nSPS) is 12.5. The highest BCUT2D eigenvalue weighted by atomic mass is 19.2. The molecule has 0 aliphatic heterocycles. The van der Waals surface area contributed by atoms with Gasteiger partial charge in [-0.15, -0.1) is 0 Å². The zero-order valence-electron chi connectivity index (χ0n) is 11.2. The first-order chi connectivity index (χ1) is 9.49. The number of rotatable bonds is 4. The van der Waals surface area contributed by atoms with E-state index >= 15 is 0 Å². The van der Waals surface area contributed by atoms with Crippen LogP contribution in [0.1, 0.15) is 17.3 Å². The molecule has 0 saturated heterocycles. The second kappa shape index (κ2) is 5.54. The monoisotopic (exact) mass is 285 g/mol. The fourth-order valence-electron chi connectivity index (χ4n) is 2.12. The van der Waals surface area contributed by atoms with E-state index in [-0.39, 0.29) is 5.56 Å². The van der Waals surface area contributed by atoms with Gasteiger partial charge in [0.1, 0.15) is 5.69 Å². The molecule has 1 heterocycles. The minimum Gasteiger partial charge on any atom is -0.493 e. The van der Waals surface area contributed by atoms with Gasteiger partial charge in [-0.25, -0.2) is 13.2 Å². The molecule has 0 amide bonds. The summed E-state index contributed by atoms with van der Waals surface area (Å²) in [6.45, 7) is 0. The largest absolute Gasteiger partial charge is 0.493 e. The van der Waals surface area contributed by atoms with Gasteiger partial charge < -0.3 is 10.1 Å². The summed E-state index contributed by atoms with van der Waals surface area (Å²) < 4.78 is 46.5. The first-order valence-corrected chi connectivity index (χ1v) is 5.87. The summed E-state index contributed by atoms with van der Waals surface area (Å²) in [6, 6.07) is 1.32. The number of aryl methyl sites for hydroxylation is 1. The average Bonchev–Trinajstić information content (AvgIpc) is 2.78. The summed E-state index contributed by atoms with van der Waals surface area (Å²) >= 11 is 0. The second-order valence-electron chi connectivity index (χ2n) is 4.24. The minimum atomic E-state index is -1.49. The zero-order chi connectivity index (χ0) is 14.9. The molecule has 1 aromatic carbocycles. The SMILES string of the molecule is CNC(c1cc(F)c(F)c(F)c1)c1c(OC)cnn1C. The van der Waals surface area contributed by atoms with Crippen LogP contribution in [0.2, 0.25) is 0 Å². The average molecular weight is 285 g/mol. The van der Waals surface area contributed by atoms with Crippen molar-refractivity contribution in [1.29, 1.82) is 0 Å². The first-order valence-electron chi connectivity index (χ1n) is 5.87. The lowest BCUT2D eigenvalue weighted by Gasteiger charge is -2.18. The van der Waals surface area contributed by atoms with Crippen molar-refractivity contribution in [3.8, 4) is 5.75 Å². The van der Waals surface area contributed by atoms with Gasteiger partial charge in [0.15, 0.2) is 23.2 Å². The van der Waals surface area contributed by atoms with Crippen LogP contribution in [-0.2, 0) is 7.05 Å². The predicted octanol–water partition coefficient (Wildman–Crippen LogP) is 2.15. The van der Waals surface area contributed by atoms with Crippen molar-refractivity contribution in [3.63, 3.8) is 0 Å². The number of aromatic nitrogens is 2. The van der Waals surface area contributed by atoms with Crippen LogP contribution < -0.4 is 10.1 Å². The fourth-order valence-corrected chi connectivity index (χ4v) is 2.12. The van der Waals surface area contributed by atoms with E-state index in [4.69, 9.17) is 4.74 Å². The number of ether oxygens (including phenoxy) is 1. The second-order valence-corrected chi connectivity index (χ2v) is 4.24. The molecular weight excluding hydrogens is 271 g/mol. The van der Waals surface area contributed by atoms with Gasteiger partial charge in [0.25, 0.3) is 0 Å². The molecule has 1 unspecified atom stereocenters. The molecule has 2 aromatic rings. The molecule has 0 spiro atoms. The Morgan fingerprint density at radius 2 is 1.85 bits per heavy atom. The fraction of sp³-hybridized carbons (Fsp3) is 0.308. The van der Waals surface area contributed by atoms with E-state index in [2.05, 4.69) is 10.4 Å². The van der Waals surface area contributed by atoms with Crippen molar-refractivity contribution in [2.75, 3.05) is 14.2 Å². The van der Waals surface area contributed by atoms with Crippen molar-refractivity contribution in [1.82, 2.24) is 15.1 Å². The Morgan fingerprint density at radius 1 is 1.25 bits per heavy atom. The lowest BCUT2D eigenvalue weighted by atomic mass is 10.0. The number of methoxy groups -OCH3 is 1. The maximum atomic E-state index is 13.4. The molecule has 2 rings (SSSR count). The topological polar surface area (TPSA) is 39.1 Å². The third kappa shape index (κ3) is 2.36. The molecule has 0 radical (unpaired) electrons. The molecule has 108 valence electrons. The predicted molar refractivity (Wildman–Crippen MR) is 67.0 cm³/mol. The molecule has 1 N–H and O–H groups in total. The number of nitrogens with one attached hydrogen (secondary N) is 1. The number of hydrogen-bond acceptors (Lipinski definition) is 3.